The molecule has 110 valence electrons. The normalized spacial score (nSPS) is 13.5. The fraction of sp³-hybridized carbons (Fsp3) is 0.769. The molecule has 19 heavy (non-hydrogen) atoms. The molecule has 0 aliphatic carbocycles. The van der Waals surface area contributed by atoms with Crippen molar-refractivity contribution in [3.8, 4) is 0 Å². The highest BCUT2D eigenvalue weighted by Crippen LogP contribution is 2.31. The maximum absolute atomic E-state index is 6.30. The van der Waals surface area contributed by atoms with Crippen LogP contribution in [0.25, 0.3) is 0 Å². The molecular weight excluding hydrogens is 262 g/mol. The number of likely N-dealkylation sites (N-methyl/N-ethyl adjacent to an activating group) is 1. The first-order chi connectivity index (χ1) is 9.04. The van der Waals surface area contributed by atoms with Gasteiger partial charge in [0.1, 0.15) is 0 Å². The quantitative estimate of drug-likeness (QED) is 0.567. The van der Waals surface area contributed by atoms with E-state index in [1.807, 2.05) is 18.8 Å². The first-order valence-electron chi connectivity index (χ1n) is 6.87. The SMILES string of the molecule is CCC(CC)C(NN)c1c(Cl)cnn1CCN(C)C. The fourth-order valence-corrected chi connectivity index (χ4v) is 2.61. The number of halogens is 1. The second kappa shape index (κ2) is 7.85. The van der Waals surface area contributed by atoms with Crippen LogP contribution < -0.4 is 11.3 Å². The maximum atomic E-state index is 6.30. The first-order valence-corrected chi connectivity index (χ1v) is 7.24. The van der Waals surface area contributed by atoms with E-state index in [1.54, 1.807) is 6.20 Å². The van der Waals surface area contributed by atoms with E-state index in [-0.39, 0.29) is 6.04 Å². The van der Waals surface area contributed by atoms with Crippen LogP contribution in [0, 0.1) is 5.92 Å². The molecule has 6 heteroatoms. The van der Waals surface area contributed by atoms with Crippen LogP contribution in [0.4, 0.5) is 0 Å². The number of nitrogens with zero attached hydrogens (tertiary/aromatic N) is 3. The van der Waals surface area contributed by atoms with Crippen molar-refractivity contribution in [2.75, 3.05) is 20.6 Å². The van der Waals surface area contributed by atoms with E-state index in [0.29, 0.717) is 10.9 Å². The van der Waals surface area contributed by atoms with Gasteiger partial charge < -0.3 is 4.90 Å². The Hall–Kier alpha value is -0.620. The monoisotopic (exact) mass is 287 g/mol. The minimum absolute atomic E-state index is 0.0483. The van der Waals surface area contributed by atoms with Gasteiger partial charge in [-0.25, -0.2) is 0 Å². The fourth-order valence-electron chi connectivity index (χ4n) is 2.35. The number of hydrazine groups is 1. The summed E-state index contributed by atoms with van der Waals surface area (Å²) >= 11 is 6.30. The van der Waals surface area contributed by atoms with Crippen LogP contribution in [0.3, 0.4) is 0 Å². The molecule has 1 unspecified atom stereocenters. The van der Waals surface area contributed by atoms with Gasteiger partial charge in [0.25, 0.3) is 0 Å². The van der Waals surface area contributed by atoms with E-state index in [2.05, 4.69) is 29.3 Å². The molecule has 0 aromatic carbocycles. The van der Waals surface area contributed by atoms with Gasteiger partial charge in [-0.05, 0) is 20.0 Å². The van der Waals surface area contributed by atoms with Crippen LogP contribution in [0.1, 0.15) is 38.4 Å². The van der Waals surface area contributed by atoms with E-state index in [1.165, 1.54) is 0 Å². The second-order valence-corrected chi connectivity index (χ2v) is 5.53. The molecule has 1 atom stereocenters. The lowest BCUT2D eigenvalue weighted by atomic mass is 9.92. The maximum Gasteiger partial charge on any atom is 0.0834 e. The van der Waals surface area contributed by atoms with Crippen LogP contribution in [0.2, 0.25) is 5.02 Å². The molecule has 0 aliphatic rings. The summed E-state index contributed by atoms with van der Waals surface area (Å²) in [6, 6.07) is 0.0483. The smallest absolute Gasteiger partial charge is 0.0834 e. The van der Waals surface area contributed by atoms with Crippen molar-refractivity contribution in [3.05, 3.63) is 16.9 Å². The van der Waals surface area contributed by atoms with Gasteiger partial charge in [-0.2, -0.15) is 5.10 Å². The Morgan fingerprint density at radius 1 is 1.42 bits per heavy atom. The third-order valence-corrected chi connectivity index (χ3v) is 3.88. The zero-order valence-electron chi connectivity index (χ0n) is 12.4. The largest absolute Gasteiger partial charge is 0.308 e. The van der Waals surface area contributed by atoms with Crippen molar-refractivity contribution in [3.63, 3.8) is 0 Å². The van der Waals surface area contributed by atoms with Crippen molar-refractivity contribution < 1.29 is 0 Å². The number of aromatic nitrogens is 2. The van der Waals surface area contributed by atoms with E-state index in [0.717, 1.165) is 31.6 Å². The lowest BCUT2D eigenvalue weighted by molar-refractivity contribution is 0.313. The minimum Gasteiger partial charge on any atom is -0.308 e. The van der Waals surface area contributed by atoms with Gasteiger partial charge in [0, 0.05) is 6.54 Å². The predicted molar refractivity (Wildman–Crippen MR) is 79.9 cm³/mol. The summed E-state index contributed by atoms with van der Waals surface area (Å²) < 4.78 is 1.96. The molecule has 1 aromatic rings. The molecule has 0 radical (unpaired) electrons. The Morgan fingerprint density at radius 2 is 2.05 bits per heavy atom. The molecule has 3 N–H and O–H groups in total. The van der Waals surface area contributed by atoms with Gasteiger partial charge in [0.2, 0.25) is 0 Å². The minimum atomic E-state index is 0.0483. The van der Waals surface area contributed by atoms with Crippen molar-refractivity contribution in [1.29, 1.82) is 0 Å². The molecule has 0 saturated heterocycles. The van der Waals surface area contributed by atoms with Crippen molar-refractivity contribution in [1.82, 2.24) is 20.1 Å². The summed E-state index contributed by atoms with van der Waals surface area (Å²) in [6.07, 6.45) is 3.82. The lowest BCUT2D eigenvalue weighted by Crippen LogP contribution is -2.35. The van der Waals surface area contributed by atoms with Gasteiger partial charge in [0.15, 0.2) is 0 Å². The van der Waals surface area contributed by atoms with Crippen molar-refractivity contribution in [2.24, 2.45) is 11.8 Å². The third-order valence-electron chi connectivity index (χ3n) is 3.59. The van der Waals surface area contributed by atoms with Crippen LogP contribution in [-0.2, 0) is 6.54 Å². The number of rotatable bonds is 8. The Balaban J connectivity index is 2.98. The molecule has 0 spiro atoms. The highest BCUT2D eigenvalue weighted by Gasteiger charge is 2.25. The number of nitrogens with two attached hydrogens (primary N) is 1. The van der Waals surface area contributed by atoms with Crippen LogP contribution in [0.15, 0.2) is 6.20 Å². The van der Waals surface area contributed by atoms with Gasteiger partial charge in [0.05, 0.1) is 29.5 Å². The molecule has 1 heterocycles. The molecule has 0 saturated carbocycles. The Morgan fingerprint density at radius 3 is 2.53 bits per heavy atom. The molecule has 0 amide bonds. The van der Waals surface area contributed by atoms with E-state index >= 15 is 0 Å². The first kappa shape index (κ1) is 16.4. The average Bonchev–Trinajstić information content (AvgIpc) is 2.74. The van der Waals surface area contributed by atoms with E-state index < -0.39 is 0 Å². The molecule has 0 bridgehead atoms. The second-order valence-electron chi connectivity index (χ2n) is 5.13. The summed E-state index contributed by atoms with van der Waals surface area (Å²) in [5.41, 5.74) is 3.92. The molecule has 5 nitrogen and oxygen atoms in total. The Bertz CT molecular complexity index is 373. The number of hydrogen-bond donors (Lipinski definition) is 2. The van der Waals surface area contributed by atoms with Crippen LogP contribution in [-0.4, -0.2) is 35.3 Å². The molecule has 0 fully saturated rings. The summed E-state index contributed by atoms with van der Waals surface area (Å²) in [5, 5.41) is 5.06. The standard InChI is InChI=1S/C13H26ClN5/c1-5-10(6-2)12(17-15)13-11(14)9-16-19(13)8-7-18(3)4/h9-10,12,17H,5-8,15H2,1-4H3. The highest BCUT2D eigenvalue weighted by molar-refractivity contribution is 6.31. The van der Waals surface area contributed by atoms with Gasteiger partial charge in [-0.15, -0.1) is 0 Å². The van der Waals surface area contributed by atoms with Crippen LogP contribution in [0.5, 0.6) is 0 Å². The van der Waals surface area contributed by atoms with Crippen LogP contribution >= 0.6 is 11.6 Å². The third kappa shape index (κ3) is 4.18. The summed E-state index contributed by atoms with van der Waals surface area (Å²) in [4.78, 5) is 2.13. The summed E-state index contributed by atoms with van der Waals surface area (Å²) in [7, 11) is 4.09. The summed E-state index contributed by atoms with van der Waals surface area (Å²) in [5.74, 6) is 6.21. The zero-order chi connectivity index (χ0) is 14.4. The average molecular weight is 288 g/mol. The number of hydrogen-bond acceptors (Lipinski definition) is 4. The Labute approximate surface area is 121 Å². The lowest BCUT2D eigenvalue weighted by Gasteiger charge is -2.26. The molecular formula is C13H26ClN5. The van der Waals surface area contributed by atoms with E-state index in [4.69, 9.17) is 17.4 Å². The summed E-state index contributed by atoms with van der Waals surface area (Å²) in [6.45, 7) is 6.08. The van der Waals surface area contributed by atoms with Crippen molar-refractivity contribution in [2.45, 2.75) is 39.3 Å². The van der Waals surface area contributed by atoms with Gasteiger partial charge in [-0.1, -0.05) is 38.3 Å². The predicted octanol–water partition coefficient (Wildman–Crippen LogP) is 2.04. The van der Waals surface area contributed by atoms with Gasteiger partial charge in [-0.3, -0.25) is 16.0 Å². The highest BCUT2D eigenvalue weighted by atomic mass is 35.5. The van der Waals surface area contributed by atoms with Gasteiger partial charge >= 0.3 is 0 Å². The topological polar surface area (TPSA) is 59.1 Å². The van der Waals surface area contributed by atoms with Crippen molar-refractivity contribution >= 4 is 11.6 Å². The van der Waals surface area contributed by atoms with E-state index in [9.17, 15) is 0 Å². The molecule has 0 aliphatic heterocycles. The Kier molecular flexibility index (Phi) is 6.79. The number of nitrogens with one attached hydrogen (secondary N) is 1. The molecule has 1 rings (SSSR count). The zero-order valence-corrected chi connectivity index (χ0v) is 13.1. The molecule has 1 aromatic heterocycles.